The number of carboxylic acids is 1. The van der Waals surface area contributed by atoms with E-state index in [2.05, 4.69) is 0 Å². The number of aliphatic hydroxyl groups is 2. The van der Waals surface area contributed by atoms with Crippen LogP contribution in [-0.4, -0.2) is 39.3 Å². The average Bonchev–Trinajstić information content (AvgIpc) is 2.88. The minimum Gasteiger partial charge on any atom is -0.481 e. The number of hydrogen-bond acceptors (Lipinski definition) is 4. The summed E-state index contributed by atoms with van der Waals surface area (Å²) < 4.78 is 0. The van der Waals surface area contributed by atoms with E-state index in [0.717, 1.165) is 49.7 Å². The summed E-state index contributed by atoms with van der Waals surface area (Å²) in [4.78, 5) is 22.5. The van der Waals surface area contributed by atoms with Crippen LogP contribution in [-0.2, 0) is 9.59 Å². The maximum absolute atomic E-state index is 12.0. The van der Waals surface area contributed by atoms with Crippen molar-refractivity contribution >= 4 is 11.8 Å². The number of rotatable bonds is 13. The highest BCUT2D eigenvalue weighted by molar-refractivity contribution is 5.99. The molecule has 0 amide bonds. The van der Waals surface area contributed by atoms with Gasteiger partial charge in [-0.25, -0.2) is 0 Å². The SMILES string of the molecule is C[C@H](O)CCC[C@@H](O)C=CC1=C(CCCCCCC(=O)O)C(=O)CC1. The van der Waals surface area contributed by atoms with Crippen molar-refractivity contribution in [3.05, 3.63) is 23.3 Å². The molecule has 0 unspecified atom stereocenters. The highest BCUT2D eigenvalue weighted by Crippen LogP contribution is 2.28. The van der Waals surface area contributed by atoms with Crippen LogP contribution in [0.2, 0.25) is 0 Å². The summed E-state index contributed by atoms with van der Waals surface area (Å²) in [7, 11) is 0. The summed E-state index contributed by atoms with van der Waals surface area (Å²) in [6.07, 6.45) is 10.5. The molecule has 0 saturated heterocycles. The van der Waals surface area contributed by atoms with Gasteiger partial charge in [-0.1, -0.05) is 25.0 Å². The Labute approximate surface area is 150 Å². The van der Waals surface area contributed by atoms with Crippen molar-refractivity contribution in [3.63, 3.8) is 0 Å². The molecule has 0 saturated carbocycles. The van der Waals surface area contributed by atoms with Crippen LogP contribution >= 0.6 is 0 Å². The Bertz CT molecular complexity index is 490. The molecule has 3 N–H and O–H groups in total. The van der Waals surface area contributed by atoms with Gasteiger partial charge in [0.15, 0.2) is 5.78 Å². The van der Waals surface area contributed by atoms with Crippen molar-refractivity contribution < 1.29 is 24.9 Å². The van der Waals surface area contributed by atoms with E-state index in [1.165, 1.54) is 0 Å². The monoisotopic (exact) mass is 352 g/mol. The summed E-state index contributed by atoms with van der Waals surface area (Å²) in [5.74, 6) is -0.554. The van der Waals surface area contributed by atoms with Gasteiger partial charge in [0.2, 0.25) is 0 Å². The van der Waals surface area contributed by atoms with E-state index in [0.29, 0.717) is 25.7 Å². The van der Waals surface area contributed by atoms with E-state index in [9.17, 15) is 19.8 Å². The molecule has 2 atom stereocenters. The fourth-order valence-electron chi connectivity index (χ4n) is 3.09. The van der Waals surface area contributed by atoms with Crippen LogP contribution in [0.25, 0.3) is 0 Å². The molecule has 0 radical (unpaired) electrons. The first kappa shape index (κ1) is 21.6. The zero-order valence-electron chi connectivity index (χ0n) is 15.2. The topological polar surface area (TPSA) is 94.8 Å². The van der Waals surface area contributed by atoms with Crippen LogP contribution in [0.15, 0.2) is 23.3 Å². The Kier molecular flexibility index (Phi) is 10.3. The largest absolute Gasteiger partial charge is 0.481 e. The van der Waals surface area contributed by atoms with Crippen molar-refractivity contribution in [2.24, 2.45) is 0 Å². The predicted molar refractivity (Wildman–Crippen MR) is 97.3 cm³/mol. The Morgan fingerprint density at radius 3 is 2.48 bits per heavy atom. The van der Waals surface area contributed by atoms with Crippen molar-refractivity contribution in [3.8, 4) is 0 Å². The molecule has 0 aliphatic heterocycles. The van der Waals surface area contributed by atoms with Gasteiger partial charge in [-0.3, -0.25) is 9.59 Å². The van der Waals surface area contributed by atoms with Gasteiger partial charge in [0.1, 0.15) is 0 Å². The first-order valence-corrected chi connectivity index (χ1v) is 9.41. The van der Waals surface area contributed by atoms with Crippen molar-refractivity contribution in [2.45, 2.75) is 89.8 Å². The van der Waals surface area contributed by atoms with E-state index in [1.54, 1.807) is 13.0 Å². The highest BCUT2D eigenvalue weighted by Gasteiger charge is 2.20. The number of hydrogen-bond donors (Lipinski definition) is 3. The summed E-state index contributed by atoms with van der Waals surface area (Å²) in [6, 6.07) is 0. The van der Waals surface area contributed by atoms with Gasteiger partial charge < -0.3 is 15.3 Å². The number of carboxylic acid groups (broad SMARTS) is 1. The third-order valence-electron chi connectivity index (χ3n) is 4.55. The summed E-state index contributed by atoms with van der Waals surface area (Å²) >= 11 is 0. The maximum Gasteiger partial charge on any atom is 0.303 e. The first-order chi connectivity index (χ1) is 11.9. The van der Waals surface area contributed by atoms with Gasteiger partial charge in [0, 0.05) is 12.8 Å². The number of carbonyl (C=O) groups excluding carboxylic acids is 1. The molecule has 142 valence electrons. The van der Waals surface area contributed by atoms with Gasteiger partial charge in [0.25, 0.3) is 0 Å². The van der Waals surface area contributed by atoms with Crippen molar-refractivity contribution in [1.29, 1.82) is 0 Å². The van der Waals surface area contributed by atoms with Crippen LogP contribution < -0.4 is 0 Å². The molecule has 1 aliphatic rings. The molecule has 25 heavy (non-hydrogen) atoms. The summed E-state index contributed by atoms with van der Waals surface area (Å²) in [6.45, 7) is 1.74. The van der Waals surface area contributed by atoms with Gasteiger partial charge in [-0.15, -0.1) is 0 Å². The molecule has 0 heterocycles. The Hall–Kier alpha value is -1.46. The third-order valence-corrected chi connectivity index (χ3v) is 4.55. The van der Waals surface area contributed by atoms with E-state index < -0.39 is 12.1 Å². The smallest absolute Gasteiger partial charge is 0.303 e. The number of aliphatic carboxylic acids is 1. The number of allylic oxidation sites excluding steroid dienone is 3. The fourth-order valence-corrected chi connectivity index (χ4v) is 3.09. The van der Waals surface area contributed by atoms with Crippen LogP contribution in [0.1, 0.15) is 77.6 Å². The van der Waals surface area contributed by atoms with E-state index >= 15 is 0 Å². The van der Waals surface area contributed by atoms with Crippen LogP contribution in [0.5, 0.6) is 0 Å². The molecular formula is C20H32O5. The van der Waals surface area contributed by atoms with Gasteiger partial charge in [-0.2, -0.15) is 0 Å². The molecule has 0 bridgehead atoms. The molecule has 0 fully saturated rings. The summed E-state index contributed by atoms with van der Waals surface area (Å²) in [5, 5.41) is 27.8. The van der Waals surface area contributed by atoms with Gasteiger partial charge in [-0.05, 0) is 63.0 Å². The lowest BCUT2D eigenvalue weighted by Gasteiger charge is -2.07. The predicted octanol–water partition coefficient (Wildman–Crippen LogP) is 3.54. The Morgan fingerprint density at radius 1 is 1.08 bits per heavy atom. The molecular weight excluding hydrogens is 320 g/mol. The van der Waals surface area contributed by atoms with E-state index in [-0.39, 0.29) is 18.3 Å². The van der Waals surface area contributed by atoms with Crippen LogP contribution in [0.4, 0.5) is 0 Å². The quantitative estimate of drug-likeness (QED) is 0.441. The molecule has 1 rings (SSSR count). The molecule has 5 nitrogen and oxygen atoms in total. The number of aliphatic hydroxyl groups excluding tert-OH is 2. The highest BCUT2D eigenvalue weighted by atomic mass is 16.4. The lowest BCUT2D eigenvalue weighted by atomic mass is 10.0. The van der Waals surface area contributed by atoms with E-state index in [4.69, 9.17) is 5.11 Å². The minimum absolute atomic E-state index is 0.203. The lowest BCUT2D eigenvalue weighted by Crippen LogP contribution is -2.05. The molecule has 5 heteroatoms. The molecule has 0 spiro atoms. The van der Waals surface area contributed by atoms with E-state index in [1.807, 2.05) is 6.08 Å². The number of unbranched alkanes of at least 4 members (excludes halogenated alkanes) is 3. The average molecular weight is 352 g/mol. The van der Waals surface area contributed by atoms with Crippen LogP contribution in [0, 0.1) is 0 Å². The van der Waals surface area contributed by atoms with Crippen LogP contribution in [0.3, 0.4) is 0 Å². The molecule has 0 aromatic rings. The lowest BCUT2D eigenvalue weighted by molar-refractivity contribution is -0.137. The maximum atomic E-state index is 12.0. The fraction of sp³-hybridized carbons (Fsp3) is 0.700. The van der Waals surface area contributed by atoms with Crippen molar-refractivity contribution in [1.82, 2.24) is 0 Å². The van der Waals surface area contributed by atoms with Crippen molar-refractivity contribution in [2.75, 3.05) is 0 Å². The first-order valence-electron chi connectivity index (χ1n) is 9.41. The zero-order chi connectivity index (χ0) is 18.7. The normalized spacial score (nSPS) is 17.5. The second-order valence-corrected chi connectivity index (χ2v) is 6.94. The number of carbonyl (C=O) groups is 2. The number of Topliss-reactive ketones (excluding diaryl/α,β-unsaturated/α-hetero) is 1. The minimum atomic E-state index is -0.756. The Morgan fingerprint density at radius 2 is 1.80 bits per heavy atom. The molecule has 1 aliphatic carbocycles. The zero-order valence-corrected chi connectivity index (χ0v) is 15.2. The van der Waals surface area contributed by atoms with Gasteiger partial charge >= 0.3 is 5.97 Å². The third kappa shape index (κ3) is 9.56. The standard InChI is InChI=1S/C20H32O5/c1-15(21)7-6-8-17(22)13-11-16-12-14-19(23)18(16)9-4-2-3-5-10-20(24)25/h11,13,15,17,21-22H,2-10,12,14H2,1H3,(H,24,25)/t15-,17+/m0/s1. The second-order valence-electron chi connectivity index (χ2n) is 6.94. The number of ketones is 1. The summed E-state index contributed by atoms with van der Waals surface area (Å²) in [5.41, 5.74) is 1.91. The Balaban J connectivity index is 2.39. The molecule has 0 aromatic carbocycles. The van der Waals surface area contributed by atoms with Gasteiger partial charge in [0.05, 0.1) is 12.2 Å². The second kappa shape index (κ2) is 12.0. The molecule has 0 aromatic heterocycles.